The van der Waals surface area contributed by atoms with Gasteiger partial charge in [0, 0.05) is 0 Å². The van der Waals surface area contributed by atoms with Crippen molar-refractivity contribution < 1.29 is 24.4 Å². The van der Waals surface area contributed by atoms with E-state index < -0.39 is 35.8 Å². The average Bonchev–Trinajstić information content (AvgIpc) is 1.96. The van der Waals surface area contributed by atoms with Crippen molar-refractivity contribution in [3.63, 3.8) is 0 Å². The lowest BCUT2D eigenvalue weighted by Crippen LogP contribution is -2.06. The van der Waals surface area contributed by atoms with E-state index in [1.54, 1.807) is 0 Å². The van der Waals surface area contributed by atoms with Crippen LogP contribution < -0.4 is 0 Å². The van der Waals surface area contributed by atoms with Crippen molar-refractivity contribution in [3.05, 3.63) is 32.3 Å². The Kier molecular flexibility index (Phi) is 2.64. The summed E-state index contributed by atoms with van der Waals surface area (Å²) in [4.78, 5) is 6.80. The van der Waals surface area contributed by atoms with E-state index in [4.69, 9.17) is 23.2 Å². The minimum absolute atomic E-state index is 0.215. The molecule has 0 amide bonds. The average molecular weight is 318 g/mol. The van der Waals surface area contributed by atoms with E-state index in [9.17, 15) is 29.5 Å². The quantitative estimate of drug-likeness (QED) is 0.407. The number of nitrogens with zero attached hydrogens (tertiary/aromatic N) is 1. The van der Waals surface area contributed by atoms with Gasteiger partial charge < -0.3 is 0 Å². The van der Waals surface area contributed by atoms with E-state index in [-0.39, 0.29) is 12.1 Å². The maximum absolute atomic E-state index is 12.4. The molecule has 0 N–H and O–H groups in total. The fourth-order valence-corrected chi connectivity index (χ4v) is 2.37. The molecule has 1 aromatic carbocycles. The van der Waals surface area contributed by atoms with Gasteiger partial charge in [0.05, 0.1) is 4.92 Å². The highest BCUT2D eigenvalue weighted by Gasteiger charge is 2.65. The Bertz CT molecular complexity index is 493. The summed E-state index contributed by atoms with van der Waals surface area (Å²) < 4.78 is 61.8. The van der Waals surface area contributed by atoms with Crippen molar-refractivity contribution in [1.29, 1.82) is 0 Å². The highest BCUT2D eigenvalue weighted by atomic mass is 35.5. The zero-order valence-electron chi connectivity index (χ0n) is 7.47. The lowest BCUT2D eigenvalue weighted by Gasteiger charge is -2.40. The minimum atomic E-state index is -9.95. The van der Waals surface area contributed by atoms with Crippen LogP contribution in [0, 0.1) is 10.1 Å². The third kappa shape index (κ3) is 3.11. The molecule has 0 heterocycles. The monoisotopic (exact) mass is 317 g/mol. The topological polar surface area (TPSA) is 43.1 Å². The summed E-state index contributed by atoms with van der Waals surface area (Å²) in [5.41, 5.74) is -1.06. The summed E-state index contributed by atoms with van der Waals surface area (Å²) in [6.45, 7) is 0. The molecule has 17 heavy (non-hydrogen) atoms. The van der Waals surface area contributed by atoms with Crippen molar-refractivity contribution in [1.82, 2.24) is 0 Å². The van der Waals surface area contributed by atoms with Crippen LogP contribution in [0.15, 0.2) is 17.0 Å². The third-order valence-corrected chi connectivity index (χ3v) is 3.32. The predicted molar refractivity (Wildman–Crippen MR) is 54.5 cm³/mol. The van der Waals surface area contributed by atoms with Crippen LogP contribution in [0.1, 0.15) is 0 Å². The Labute approximate surface area is 101 Å². The molecule has 98 valence electrons. The molecule has 1 rings (SSSR count). The van der Waals surface area contributed by atoms with Gasteiger partial charge in [-0.2, -0.15) is 0 Å². The van der Waals surface area contributed by atoms with Crippen LogP contribution in [-0.4, -0.2) is 4.92 Å². The molecule has 0 atom stereocenters. The second kappa shape index (κ2) is 3.15. The number of halogens is 7. The van der Waals surface area contributed by atoms with Gasteiger partial charge in [0.1, 0.15) is 14.9 Å². The van der Waals surface area contributed by atoms with Crippen LogP contribution in [0.4, 0.5) is 25.1 Å². The summed E-state index contributed by atoms with van der Waals surface area (Å²) in [6.07, 6.45) is 0. The SMILES string of the molecule is O=[N+]([O-])c1c(Cl)cc(S(F)(F)(F)(F)F)cc1Cl. The third-order valence-electron chi connectivity index (χ3n) is 1.62. The van der Waals surface area contributed by atoms with E-state index in [0.29, 0.717) is 0 Å². The Morgan fingerprint density at radius 2 is 1.41 bits per heavy atom. The second-order valence-electron chi connectivity index (χ2n) is 2.96. The van der Waals surface area contributed by atoms with Gasteiger partial charge in [0.15, 0.2) is 0 Å². The molecular weight excluding hydrogens is 316 g/mol. The smallest absolute Gasteiger partial charge is 0.258 e. The molecule has 0 bridgehead atoms. The maximum atomic E-state index is 12.4. The zero-order chi connectivity index (χ0) is 13.7. The molecule has 0 unspecified atom stereocenters. The van der Waals surface area contributed by atoms with Gasteiger partial charge in [-0.15, -0.1) is 0 Å². The predicted octanol–water partition coefficient (Wildman–Crippen LogP) is 5.56. The fourth-order valence-electron chi connectivity index (χ4n) is 0.939. The van der Waals surface area contributed by atoms with Crippen LogP contribution in [0.5, 0.6) is 0 Å². The first-order valence-corrected chi connectivity index (χ1v) is 6.30. The van der Waals surface area contributed by atoms with Gasteiger partial charge in [-0.3, -0.25) is 10.1 Å². The molecular formula is C6H2Cl2F5NO2S. The van der Waals surface area contributed by atoms with E-state index in [0.717, 1.165) is 0 Å². The van der Waals surface area contributed by atoms with E-state index in [1.807, 2.05) is 0 Å². The molecule has 1 aromatic rings. The molecule has 0 fully saturated rings. The van der Waals surface area contributed by atoms with Crippen LogP contribution in [0.25, 0.3) is 0 Å². The molecule has 11 heteroatoms. The number of benzene rings is 1. The summed E-state index contributed by atoms with van der Waals surface area (Å²) in [6, 6.07) is -0.430. The summed E-state index contributed by atoms with van der Waals surface area (Å²) >= 11 is 10.2. The van der Waals surface area contributed by atoms with Crippen LogP contribution in [0.3, 0.4) is 0 Å². The number of nitro groups is 1. The Morgan fingerprint density at radius 3 is 1.65 bits per heavy atom. The van der Waals surface area contributed by atoms with Gasteiger partial charge in [0.25, 0.3) is 0 Å². The van der Waals surface area contributed by atoms with Crippen molar-refractivity contribution in [2.24, 2.45) is 0 Å². The van der Waals surface area contributed by atoms with Crippen molar-refractivity contribution in [2.45, 2.75) is 4.90 Å². The molecule has 0 saturated heterocycles. The Morgan fingerprint density at radius 1 is 1.06 bits per heavy atom. The van der Waals surface area contributed by atoms with Gasteiger partial charge in [-0.25, -0.2) is 0 Å². The van der Waals surface area contributed by atoms with Gasteiger partial charge >= 0.3 is 15.9 Å². The summed E-state index contributed by atoms with van der Waals surface area (Å²) in [7, 11) is -9.95. The number of nitro benzene ring substituents is 1. The normalized spacial score (nSPS) is 16.2. The highest BCUT2D eigenvalue weighted by Crippen LogP contribution is 3.02. The first-order valence-electron chi connectivity index (χ1n) is 3.60. The molecule has 0 saturated carbocycles. The zero-order valence-corrected chi connectivity index (χ0v) is 9.80. The molecule has 3 nitrogen and oxygen atoms in total. The Balaban J connectivity index is 3.62. The van der Waals surface area contributed by atoms with Crippen molar-refractivity contribution >= 4 is 39.1 Å². The van der Waals surface area contributed by atoms with Crippen LogP contribution in [0.2, 0.25) is 10.0 Å². The first-order chi connectivity index (χ1) is 7.22. The molecule has 0 spiro atoms. The van der Waals surface area contributed by atoms with E-state index >= 15 is 0 Å². The lowest BCUT2D eigenvalue weighted by atomic mass is 10.3. The van der Waals surface area contributed by atoms with E-state index in [2.05, 4.69) is 0 Å². The highest BCUT2D eigenvalue weighted by molar-refractivity contribution is 8.45. The largest absolute Gasteiger partial charge is 0.310 e. The van der Waals surface area contributed by atoms with Crippen molar-refractivity contribution in [3.8, 4) is 0 Å². The maximum Gasteiger partial charge on any atom is 0.310 e. The molecule has 0 aliphatic rings. The number of hydrogen-bond acceptors (Lipinski definition) is 2. The number of rotatable bonds is 2. The minimum Gasteiger partial charge on any atom is -0.258 e. The Hall–Kier alpha value is -0.800. The molecule has 0 aromatic heterocycles. The van der Waals surface area contributed by atoms with Gasteiger partial charge in [0.2, 0.25) is 0 Å². The molecule has 0 aliphatic carbocycles. The first kappa shape index (κ1) is 14.3. The molecule has 0 radical (unpaired) electrons. The van der Waals surface area contributed by atoms with Crippen LogP contribution in [-0.2, 0) is 0 Å². The van der Waals surface area contributed by atoms with Crippen molar-refractivity contribution in [2.75, 3.05) is 0 Å². The van der Waals surface area contributed by atoms with Gasteiger partial charge in [-0.05, 0) is 12.1 Å². The fraction of sp³-hybridized carbons (Fsp3) is 0. The number of hydrogen-bond donors (Lipinski definition) is 0. The summed E-state index contributed by atoms with van der Waals surface area (Å²) in [5, 5.41) is 8.13. The molecule has 0 aliphatic heterocycles. The summed E-state index contributed by atoms with van der Waals surface area (Å²) in [5.74, 6) is 0. The standard InChI is InChI=1S/C6H2Cl2F5NO2S/c7-4-1-3(17(9,10,11,12)13)2-5(8)6(4)14(15)16/h1-2H. The van der Waals surface area contributed by atoms with E-state index in [1.165, 1.54) is 0 Å². The van der Waals surface area contributed by atoms with Gasteiger partial charge in [-0.1, -0.05) is 42.6 Å². The lowest BCUT2D eigenvalue weighted by molar-refractivity contribution is -0.384. The second-order valence-corrected chi connectivity index (χ2v) is 6.19. The van der Waals surface area contributed by atoms with Crippen LogP contribution >= 0.6 is 33.4 Å².